The average molecular weight is 228 g/mol. The lowest BCUT2D eigenvalue weighted by atomic mass is 10.0. The van der Waals surface area contributed by atoms with Gasteiger partial charge >= 0.3 is 0 Å². The van der Waals surface area contributed by atoms with Gasteiger partial charge in [-0.3, -0.25) is 5.10 Å². The molecule has 0 spiro atoms. The fourth-order valence-corrected chi connectivity index (χ4v) is 1.89. The predicted octanol–water partition coefficient (Wildman–Crippen LogP) is 1.98. The summed E-state index contributed by atoms with van der Waals surface area (Å²) in [4.78, 5) is 0. The molecule has 0 aliphatic heterocycles. The van der Waals surface area contributed by atoms with Crippen molar-refractivity contribution in [3.63, 3.8) is 0 Å². The molecule has 17 heavy (non-hydrogen) atoms. The van der Waals surface area contributed by atoms with Crippen LogP contribution in [0.1, 0.15) is 25.0 Å². The van der Waals surface area contributed by atoms with E-state index in [0.717, 1.165) is 23.9 Å². The van der Waals surface area contributed by atoms with Crippen LogP contribution in [0.4, 0.5) is 0 Å². The minimum atomic E-state index is 0.481. The third kappa shape index (κ3) is 2.63. The molecule has 1 aromatic heterocycles. The zero-order valence-electron chi connectivity index (χ0n) is 10.1. The van der Waals surface area contributed by atoms with Crippen molar-refractivity contribution in [1.29, 1.82) is 5.26 Å². The molecule has 2 aromatic rings. The number of hydrogen-bond donors (Lipinski definition) is 2. The van der Waals surface area contributed by atoms with Crippen LogP contribution >= 0.6 is 0 Å². The molecule has 0 saturated carbocycles. The lowest BCUT2D eigenvalue weighted by Gasteiger charge is -2.08. The van der Waals surface area contributed by atoms with Gasteiger partial charge in [0.15, 0.2) is 0 Å². The normalized spacial score (nSPS) is 10.9. The molecule has 4 nitrogen and oxygen atoms in total. The number of nitriles is 1. The van der Waals surface area contributed by atoms with E-state index in [2.05, 4.69) is 35.4 Å². The molecule has 0 amide bonds. The fourth-order valence-electron chi connectivity index (χ4n) is 1.89. The molecule has 1 aromatic carbocycles. The number of nitrogens with zero attached hydrogens (tertiary/aromatic N) is 2. The number of fused-ring (bicyclic) bond motifs is 1. The van der Waals surface area contributed by atoms with E-state index in [9.17, 15) is 0 Å². The Morgan fingerprint density at radius 1 is 1.47 bits per heavy atom. The maximum absolute atomic E-state index is 8.97. The average Bonchev–Trinajstić information content (AvgIpc) is 2.76. The first-order chi connectivity index (χ1) is 8.20. The molecule has 4 heteroatoms. The van der Waals surface area contributed by atoms with E-state index in [1.54, 1.807) is 0 Å². The largest absolute Gasteiger partial charge is 0.314 e. The monoisotopic (exact) mass is 228 g/mol. The Labute approximate surface area is 101 Å². The molecule has 1 heterocycles. The molecular formula is C13H16N4. The SMILES string of the molecule is CC(C)NCCc1cc(C#N)cc2[nH]ncc12. The highest BCUT2D eigenvalue weighted by Crippen LogP contribution is 2.19. The van der Waals surface area contributed by atoms with Gasteiger partial charge in [0.05, 0.1) is 23.3 Å². The zero-order valence-corrected chi connectivity index (χ0v) is 10.1. The number of rotatable bonds is 4. The number of nitrogens with one attached hydrogen (secondary N) is 2. The Hall–Kier alpha value is -1.86. The van der Waals surface area contributed by atoms with E-state index in [-0.39, 0.29) is 0 Å². The summed E-state index contributed by atoms with van der Waals surface area (Å²) in [6.45, 7) is 5.16. The Kier molecular flexibility index (Phi) is 3.40. The summed E-state index contributed by atoms with van der Waals surface area (Å²) in [6, 6.07) is 6.44. The van der Waals surface area contributed by atoms with Gasteiger partial charge in [-0.25, -0.2) is 0 Å². The predicted molar refractivity (Wildman–Crippen MR) is 67.7 cm³/mol. The van der Waals surface area contributed by atoms with Crippen molar-refractivity contribution in [1.82, 2.24) is 15.5 Å². The molecule has 2 rings (SSSR count). The van der Waals surface area contributed by atoms with Crippen LogP contribution in [0.5, 0.6) is 0 Å². The zero-order chi connectivity index (χ0) is 12.3. The van der Waals surface area contributed by atoms with Crippen LogP contribution in [-0.4, -0.2) is 22.8 Å². The van der Waals surface area contributed by atoms with Crippen LogP contribution in [-0.2, 0) is 6.42 Å². The van der Waals surface area contributed by atoms with Gasteiger partial charge in [0.25, 0.3) is 0 Å². The summed E-state index contributed by atoms with van der Waals surface area (Å²) in [5, 5.41) is 20.4. The molecule has 0 bridgehead atoms. The Morgan fingerprint density at radius 3 is 3.00 bits per heavy atom. The number of H-pyrrole nitrogens is 1. The van der Waals surface area contributed by atoms with Crippen molar-refractivity contribution < 1.29 is 0 Å². The second-order valence-corrected chi connectivity index (χ2v) is 4.44. The van der Waals surface area contributed by atoms with Crippen molar-refractivity contribution in [2.24, 2.45) is 0 Å². The second-order valence-electron chi connectivity index (χ2n) is 4.44. The van der Waals surface area contributed by atoms with Crippen molar-refractivity contribution in [3.05, 3.63) is 29.5 Å². The van der Waals surface area contributed by atoms with Gasteiger partial charge in [-0.05, 0) is 30.7 Å². The number of aromatic nitrogens is 2. The quantitative estimate of drug-likeness (QED) is 0.841. The van der Waals surface area contributed by atoms with Crippen LogP contribution in [0.3, 0.4) is 0 Å². The first-order valence-corrected chi connectivity index (χ1v) is 5.80. The minimum absolute atomic E-state index is 0.481. The molecule has 0 unspecified atom stereocenters. The maximum Gasteiger partial charge on any atom is 0.0992 e. The van der Waals surface area contributed by atoms with Gasteiger partial charge in [0.2, 0.25) is 0 Å². The molecule has 0 aliphatic carbocycles. The molecular weight excluding hydrogens is 212 g/mol. The van der Waals surface area contributed by atoms with Gasteiger partial charge in [-0.2, -0.15) is 10.4 Å². The van der Waals surface area contributed by atoms with Crippen LogP contribution < -0.4 is 5.32 Å². The van der Waals surface area contributed by atoms with Crippen LogP contribution in [0.15, 0.2) is 18.3 Å². The van der Waals surface area contributed by atoms with Crippen LogP contribution in [0.25, 0.3) is 10.9 Å². The van der Waals surface area contributed by atoms with Gasteiger partial charge in [0, 0.05) is 11.4 Å². The van der Waals surface area contributed by atoms with Crippen molar-refractivity contribution in [3.8, 4) is 6.07 Å². The number of aromatic amines is 1. The summed E-state index contributed by atoms with van der Waals surface area (Å²) in [5.74, 6) is 0. The lowest BCUT2D eigenvalue weighted by Crippen LogP contribution is -2.25. The highest BCUT2D eigenvalue weighted by molar-refractivity contribution is 5.83. The van der Waals surface area contributed by atoms with E-state index < -0.39 is 0 Å². The lowest BCUT2D eigenvalue weighted by molar-refractivity contribution is 0.591. The van der Waals surface area contributed by atoms with E-state index in [1.165, 1.54) is 5.56 Å². The van der Waals surface area contributed by atoms with Gasteiger partial charge in [0.1, 0.15) is 0 Å². The first-order valence-electron chi connectivity index (χ1n) is 5.80. The van der Waals surface area contributed by atoms with Gasteiger partial charge in [-0.15, -0.1) is 0 Å². The summed E-state index contributed by atoms with van der Waals surface area (Å²) >= 11 is 0. The molecule has 0 aliphatic rings. The summed E-state index contributed by atoms with van der Waals surface area (Å²) in [5.41, 5.74) is 2.78. The van der Waals surface area contributed by atoms with Crippen molar-refractivity contribution in [2.75, 3.05) is 6.54 Å². The third-order valence-corrected chi connectivity index (χ3v) is 2.72. The van der Waals surface area contributed by atoms with Gasteiger partial charge in [-0.1, -0.05) is 13.8 Å². The Balaban J connectivity index is 2.25. The van der Waals surface area contributed by atoms with E-state index >= 15 is 0 Å². The molecule has 88 valence electrons. The van der Waals surface area contributed by atoms with Crippen molar-refractivity contribution >= 4 is 10.9 Å². The fraction of sp³-hybridized carbons (Fsp3) is 0.385. The standard InChI is InChI=1S/C13H16N4/c1-9(2)15-4-3-11-5-10(7-14)6-13-12(11)8-16-17-13/h5-6,8-9,15H,3-4H2,1-2H3,(H,16,17). The Morgan fingerprint density at radius 2 is 2.29 bits per heavy atom. The first kappa shape index (κ1) is 11.6. The number of benzene rings is 1. The summed E-state index contributed by atoms with van der Waals surface area (Å²) in [6.07, 6.45) is 2.73. The molecule has 2 N–H and O–H groups in total. The van der Waals surface area contributed by atoms with Gasteiger partial charge < -0.3 is 5.32 Å². The summed E-state index contributed by atoms with van der Waals surface area (Å²) in [7, 11) is 0. The molecule has 0 atom stereocenters. The van der Waals surface area contributed by atoms with Crippen LogP contribution in [0.2, 0.25) is 0 Å². The van der Waals surface area contributed by atoms with E-state index in [1.807, 2.05) is 18.3 Å². The van der Waals surface area contributed by atoms with Crippen LogP contribution in [0, 0.1) is 11.3 Å². The third-order valence-electron chi connectivity index (χ3n) is 2.72. The molecule has 0 saturated heterocycles. The van der Waals surface area contributed by atoms with E-state index in [4.69, 9.17) is 5.26 Å². The summed E-state index contributed by atoms with van der Waals surface area (Å²) < 4.78 is 0. The topological polar surface area (TPSA) is 64.5 Å². The van der Waals surface area contributed by atoms with Crippen molar-refractivity contribution in [2.45, 2.75) is 26.3 Å². The molecule has 0 fully saturated rings. The van der Waals surface area contributed by atoms with E-state index in [0.29, 0.717) is 11.6 Å². The second kappa shape index (κ2) is 4.98. The Bertz CT molecular complexity index is 548. The maximum atomic E-state index is 8.97. The highest BCUT2D eigenvalue weighted by Gasteiger charge is 2.06. The highest BCUT2D eigenvalue weighted by atomic mass is 15.1. The number of hydrogen-bond acceptors (Lipinski definition) is 3. The smallest absolute Gasteiger partial charge is 0.0992 e. The molecule has 0 radical (unpaired) electrons. The minimum Gasteiger partial charge on any atom is -0.314 e.